The van der Waals surface area contributed by atoms with Crippen LogP contribution in [0.25, 0.3) is 0 Å². The van der Waals surface area contributed by atoms with Gasteiger partial charge in [0.05, 0.1) is 13.5 Å². The maximum Gasteiger partial charge on any atom is 0.255 e. The van der Waals surface area contributed by atoms with Gasteiger partial charge in [-0.15, -0.1) is 0 Å². The van der Waals surface area contributed by atoms with Crippen LogP contribution in [0.2, 0.25) is 0 Å². The van der Waals surface area contributed by atoms with Crippen molar-refractivity contribution in [3.8, 4) is 5.75 Å². The van der Waals surface area contributed by atoms with Crippen LogP contribution < -0.4 is 15.4 Å². The zero-order chi connectivity index (χ0) is 20.6. The van der Waals surface area contributed by atoms with E-state index >= 15 is 0 Å². The van der Waals surface area contributed by atoms with Gasteiger partial charge in [0.15, 0.2) is 0 Å². The topological polar surface area (TPSA) is 67.4 Å². The summed E-state index contributed by atoms with van der Waals surface area (Å²) >= 11 is 0. The third kappa shape index (κ3) is 5.90. The van der Waals surface area contributed by atoms with Crippen molar-refractivity contribution in [1.82, 2.24) is 5.32 Å². The molecule has 0 heterocycles. The predicted octanol–water partition coefficient (Wildman–Crippen LogP) is 3.95. The van der Waals surface area contributed by atoms with E-state index in [1.54, 1.807) is 31.4 Å². The highest BCUT2D eigenvalue weighted by atomic mass is 19.1. The van der Waals surface area contributed by atoms with Crippen molar-refractivity contribution in [2.24, 2.45) is 0 Å². The van der Waals surface area contributed by atoms with Gasteiger partial charge in [0, 0.05) is 17.8 Å². The fraction of sp³-hybridized carbons (Fsp3) is 0.130. The number of hydrogen-bond donors (Lipinski definition) is 2. The fourth-order valence-electron chi connectivity index (χ4n) is 2.82. The summed E-state index contributed by atoms with van der Waals surface area (Å²) < 4.78 is 18.4. The second kappa shape index (κ2) is 9.50. The van der Waals surface area contributed by atoms with Gasteiger partial charge in [-0.3, -0.25) is 9.59 Å². The van der Waals surface area contributed by atoms with E-state index in [0.717, 1.165) is 11.1 Å². The van der Waals surface area contributed by atoms with Crippen LogP contribution in [0.4, 0.5) is 10.1 Å². The van der Waals surface area contributed by atoms with Crippen LogP contribution in [0, 0.1) is 5.82 Å². The first-order valence-electron chi connectivity index (χ1n) is 9.09. The van der Waals surface area contributed by atoms with Crippen LogP contribution in [0.3, 0.4) is 0 Å². The predicted molar refractivity (Wildman–Crippen MR) is 109 cm³/mol. The van der Waals surface area contributed by atoms with Gasteiger partial charge in [0.25, 0.3) is 5.91 Å². The van der Waals surface area contributed by atoms with Gasteiger partial charge in [-0.05, 0) is 53.6 Å². The molecule has 0 spiro atoms. The van der Waals surface area contributed by atoms with Gasteiger partial charge >= 0.3 is 0 Å². The van der Waals surface area contributed by atoms with Gasteiger partial charge < -0.3 is 15.4 Å². The summed E-state index contributed by atoms with van der Waals surface area (Å²) in [6, 6.07) is 20.0. The van der Waals surface area contributed by atoms with Crippen LogP contribution >= 0.6 is 0 Å². The van der Waals surface area contributed by atoms with Crippen LogP contribution in [-0.4, -0.2) is 18.9 Å². The summed E-state index contributed by atoms with van der Waals surface area (Å²) in [6.07, 6.45) is 0.243. The molecule has 0 aliphatic rings. The lowest BCUT2D eigenvalue weighted by Gasteiger charge is -2.09. The first-order chi connectivity index (χ1) is 14.0. The maximum absolute atomic E-state index is 13.3. The Hall–Kier alpha value is -3.67. The molecule has 148 valence electrons. The minimum Gasteiger partial charge on any atom is -0.497 e. The molecule has 29 heavy (non-hydrogen) atoms. The molecule has 0 saturated carbocycles. The maximum atomic E-state index is 13.3. The van der Waals surface area contributed by atoms with Gasteiger partial charge in [-0.1, -0.05) is 30.3 Å². The molecule has 2 N–H and O–H groups in total. The third-order valence-corrected chi connectivity index (χ3v) is 4.26. The van der Waals surface area contributed by atoms with Gasteiger partial charge in [-0.2, -0.15) is 0 Å². The normalized spacial score (nSPS) is 10.3. The molecule has 0 aliphatic carbocycles. The molecule has 0 atom stereocenters. The average Bonchev–Trinajstić information content (AvgIpc) is 2.72. The van der Waals surface area contributed by atoms with Crippen molar-refractivity contribution in [1.29, 1.82) is 0 Å². The Morgan fingerprint density at radius 2 is 1.69 bits per heavy atom. The third-order valence-electron chi connectivity index (χ3n) is 4.26. The smallest absolute Gasteiger partial charge is 0.255 e. The standard InChI is InChI=1S/C23H21FN2O3/c1-29-21-10-3-5-16(12-21)13-22(27)25-15-17-6-2-9-20(11-17)26-23(28)18-7-4-8-19(24)14-18/h2-12,14H,13,15H2,1H3,(H,25,27)(H,26,28). The number of rotatable bonds is 7. The lowest BCUT2D eigenvalue weighted by molar-refractivity contribution is -0.120. The zero-order valence-corrected chi connectivity index (χ0v) is 15.9. The van der Waals surface area contributed by atoms with Crippen molar-refractivity contribution in [2.75, 3.05) is 12.4 Å². The molecule has 2 amide bonds. The highest BCUT2D eigenvalue weighted by molar-refractivity contribution is 6.04. The van der Waals surface area contributed by atoms with Crippen molar-refractivity contribution < 1.29 is 18.7 Å². The van der Waals surface area contributed by atoms with E-state index < -0.39 is 11.7 Å². The molecule has 0 radical (unpaired) electrons. The highest BCUT2D eigenvalue weighted by Crippen LogP contribution is 2.14. The number of nitrogens with one attached hydrogen (secondary N) is 2. The van der Waals surface area contributed by atoms with Crippen molar-refractivity contribution in [3.63, 3.8) is 0 Å². The number of benzene rings is 3. The Morgan fingerprint density at radius 1 is 0.931 bits per heavy atom. The molecular weight excluding hydrogens is 371 g/mol. The molecule has 0 unspecified atom stereocenters. The van der Waals surface area contributed by atoms with E-state index in [2.05, 4.69) is 10.6 Å². The minimum absolute atomic E-state index is 0.118. The zero-order valence-electron chi connectivity index (χ0n) is 15.9. The number of amides is 2. The summed E-state index contributed by atoms with van der Waals surface area (Å²) in [7, 11) is 1.58. The molecule has 3 aromatic carbocycles. The summed E-state index contributed by atoms with van der Waals surface area (Å²) in [4.78, 5) is 24.4. The van der Waals surface area contributed by atoms with E-state index in [0.29, 0.717) is 18.0 Å². The number of methoxy groups -OCH3 is 1. The first-order valence-corrected chi connectivity index (χ1v) is 9.09. The summed E-state index contributed by atoms with van der Waals surface area (Å²) in [5.41, 5.74) is 2.50. The fourth-order valence-corrected chi connectivity index (χ4v) is 2.82. The van der Waals surface area contributed by atoms with E-state index in [1.807, 2.05) is 30.3 Å². The summed E-state index contributed by atoms with van der Waals surface area (Å²) in [5.74, 6) is -0.279. The molecule has 5 nitrogen and oxygen atoms in total. The number of carbonyl (C=O) groups excluding carboxylic acids is 2. The Kier molecular flexibility index (Phi) is 6.58. The molecule has 0 saturated heterocycles. The lowest BCUT2D eigenvalue weighted by Crippen LogP contribution is -2.24. The Morgan fingerprint density at radius 3 is 2.48 bits per heavy atom. The van der Waals surface area contributed by atoms with Gasteiger partial charge in [0.1, 0.15) is 11.6 Å². The average molecular weight is 392 g/mol. The van der Waals surface area contributed by atoms with Gasteiger partial charge in [0.2, 0.25) is 5.91 Å². The minimum atomic E-state index is -0.467. The monoisotopic (exact) mass is 392 g/mol. The molecular formula is C23H21FN2O3. The number of carbonyl (C=O) groups is 2. The largest absolute Gasteiger partial charge is 0.497 e. The van der Waals surface area contributed by atoms with Crippen LogP contribution in [0.15, 0.2) is 72.8 Å². The number of anilines is 1. The van der Waals surface area contributed by atoms with E-state index in [9.17, 15) is 14.0 Å². The molecule has 0 aliphatic heterocycles. The number of halogens is 1. The van der Waals surface area contributed by atoms with Crippen molar-refractivity contribution >= 4 is 17.5 Å². The van der Waals surface area contributed by atoms with Gasteiger partial charge in [-0.25, -0.2) is 4.39 Å². The quantitative estimate of drug-likeness (QED) is 0.640. The van der Waals surface area contributed by atoms with Crippen LogP contribution in [0.5, 0.6) is 5.75 Å². The molecule has 6 heteroatoms. The number of ether oxygens (including phenoxy) is 1. The second-order valence-corrected chi connectivity index (χ2v) is 6.47. The number of hydrogen-bond acceptors (Lipinski definition) is 3. The van der Waals surface area contributed by atoms with Crippen LogP contribution in [0.1, 0.15) is 21.5 Å². The molecule has 0 aromatic heterocycles. The van der Waals surface area contributed by atoms with Crippen molar-refractivity contribution in [3.05, 3.63) is 95.3 Å². The molecule has 0 fully saturated rings. The lowest BCUT2D eigenvalue weighted by atomic mass is 10.1. The Bertz CT molecular complexity index is 1020. The molecule has 3 aromatic rings. The second-order valence-electron chi connectivity index (χ2n) is 6.47. The highest BCUT2D eigenvalue weighted by Gasteiger charge is 2.08. The van der Waals surface area contributed by atoms with E-state index in [1.165, 1.54) is 18.2 Å². The van der Waals surface area contributed by atoms with E-state index in [-0.39, 0.29) is 17.9 Å². The Labute approximate surface area is 168 Å². The molecule has 3 rings (SSSR count). The SMILES string of the molecule is COc1cccc(CC(=O)NCc2cccc(NC(=O)c3cccc(F)c3)c2)c1. The van der Waals surface area contributed by atoms with Crippen LogP contribution in [-0.2, 0) is 17.8 Å². The van der Waals surface area contributed by atoms with Crippen molar-refractivity contribution in [2.45, 2.75) is 13.0 Å². The summed E-state index contributed by atoms with van der Waals surface area (Å²) in [6.45, 7) is 0.326. The Balaban J connectivity index is 1.56. The van der Waals surface area contributed by atoms with E-state index in [4.69, 9.17) is 4.74 Å². The first kappa shape index (κ1) is 20.1. The summed E-state index contributed by atoms with van der Waals surface area (Å²) in [5, 5.41) is 5.60. The molecule has 0 bridgehead atoms.